The smallest absolute Gasteiger partial charge is 0.168 e. The van der Waals surface area contributed by atoms with E-state index in [1.807, 2.05) is 28.9 Å². The Morgan fingerprint density at radius 3 is 2.55 bits per heavy atom. The molecule has 0 N–H and O–H groups in total. The number of furan rings is 1. The third-order valence-corrected chi connectivity index (χ3v) is 5.50. The number of hydrogen-bond donors (Lipinski definition) is 0. The number of nitrogens with zero attached hydrogens (tertiary/aromatic N) is 6. The highest BCUT2D eigenvalue weighted by atomic mass is 16.5. The molecular formula is C21H28N6O2. The van der Waals surface area contributed by atoms with Crippen LogP contribution in [0.5, 0.6) is 5.75 Å². The maximum Gasteiger partial charge on any atom is 0.168 e. The van der Waals surface area contributed by atoms with Crippen LogP contribution in [-0.4, -0.2) is 58.4 Å². The fraction of sp³-hybridized carbons (Fsp3) is 0.476. The van der Waals surface area contributed by atoms with Crippen LogP contribution in [0.1, 0.15) is 37.4 Å². The van der Waals surface area contributed by atoms with Gasteiger partial charge in [0.2, 0.25) is 0 Å². The van der Waals surface area contributed by atoms with Gasteiger partial charge in [-0.1, -0.05) is 13.3 Å². The molecule has 2 aromatic heterocycles. The Labute approximate surface area is 171 Å². The van der Waals surface area contributed by atoms with Gasteiger partial charge in [0.1, 0.15) is 18.1 Å². The number of hydrogen-bond acceptors (Lipinski definition) is 7. The first kappa shape index (κ1) is 19.4. The summed E-state index contributed by atoms with van der Waals surface area (Å²) in [5.41, 5.74) is 1.24. The summed E-state index contributed by atoms with van der Waals surface area (Å²) in [4.78, 5) is 4.93. The maximum atomic E-state index is 5.48. The quantitative estimate of drug-likeness (QED) is 0.579. The number of piperazine rings is 1. The van der Waals surface area contributed by atoms with E-state index in [4.69, 9.17) is 9.15 Å². The Morgan fingerprint density at radius 2 is 1.90 bits per heavy atom. The highest BCUT2D eigenvalue weighted by Crippen LogP contribution is 2.27. The second-order valence-electron chi connectivity index (χ2n) is 7.30. The van der Waals surface area contributed by atoms with Crippen LogP contribution in [0.3, 0.4) is 0 Å². The molecule has 1 aromatic carbocycles. The lowest BCUT2D eigenvalue weighted by atomic mass is 10.1. The van der Waals surface area contributed by atoms with Gasteiger partial charge in [0.05, 0.1) is 19.4 Å². The van der Waals surface area contributed by atoms with Crippen molar-refractivity contribution < 1.29 is 9.15 Å². The Morgan fingerprint density at radius 1 is 1.10 bits per heavy atom. The van der Waals surface area contributed by atoms with Crippen molar-refractivity contribution in [2.24, 2.45) is 0 Å². The molecule has 1 saturated heterocycles. The molecule has 0 spiro atoms. The fourth-order valence-corrected chi connectivity index (χ4v) is 3.95. The van der Waals surface area contributed by atoms with Crippen LogP contribution in [0.2, 0.25) is 0 Å². The molecule has 1 atom stereocenters. The van der Waals surface area contributed by atoms with Gasteiger partial charge >= 0.3 is 0 Å². The van der Waals surface area contributed by atoms with Crippen molar-refractivity contribution >= 4 is 5.69 Å². The third-order valence-electron chi connectivity index (χ3n) is 5.50. The van der Waals surface area contributed by atoms with Crippen molar-refractivity contribution in [1.82, 2.24) is 25.1 Å². The van der Waals surface area contributed by atoms with Gasteiger partial charge < -0.3 is 14.1 Å². The van der Waals surface area contributed by atoms with E-state index >= 15 is 0 Å². The molecule has 8 nitrogen and oxygen atoms in total. The first-order chi connectivity index (χ1) is 14.3. The summed E-state index contributed by atoms with van der Waals surface area (Å²) in [6.07, 6.45) is 3.79. The molecule has 3 heterocycles. The van der Waals surface area contributed by atoms with E-state index in [1.165, 1.54) is 5.69 Å². The van der Waals surface area contributed by atoms with Crippen molar-refractivity contribution in [1.29, 1.82) is 0 Å². The van der Waals surface area contributed by atoms with Crippen LogP contribution in [-0.2, 0) is 6.54 Å². The van der Waals surface area contributed by atoms with Gasteiger partial charge in [-0.3, -0.25) is 4.90 Å². The zero-order valence-electron chi connectivity index (χ0n) is 17.1. The molecule has 1 unspecified atom stereocenters. The van der Waals surface area contributed by atoms with Gasteiger partial charge in [-0.25, -0.2) is 4.68 Å². The van der Waals surface area contributed by atoms with Crippen LogP contribution in [0.4, 0.5) is 5.69 Å². The van der Waals surface area contributed by atoms with E-state index in [-0.39, 0.29) is 6.04 Å². The SMILES string of the molecule is CCCC(c1nnnn1Cc1ccco1)N1CCN(c2ccc(OC)cc2)CC1. The second-order valence-corrected chi connectivity index (χ2v) is 7.30. The molecule has 0 saturated carbocycles. The summed E-state index contributed by atoms with van der Waals surface area (Å²) in [5.74, 6) is 2.66. The minimum Gasteiger partial charge on any atom is -0.497 e. The first-order valence-electron chi connectivity index (χ1n) is 10.2. The van der Waals surface area contributed by atoms with Crippen LogP contribution in [0.15, 0.2) is 47.1 Å². The molecule has 0 amide bonds. The number of ether oxygens (including phenoxy) is 1. The van der Waals surface area contributed by atoms with Crippen molar-refractivity contribution in [3.63, 3.8) is 0 Å². The van der Waals surface area contributed by atoms with Gasteiger partial charge in [-0.05, 0) is 53.2 Å². The zero-order chi connectivity index (χ0) is 20.1. The van der Waals surface area contributed by atoms with Crippen molar-refractivity contribution in [3.8, 4) is 5.75 Å². The lowest BCUT2D eigenvalue weighted by Gasteiger charge is -2.39. The number of aromatic nitrogens is 4. The molecule has 1 fully saturated rings. The monoisotopic (exact) mass is 396 g/mol. The molecule has 0 radical (unpaired) electrons. The van der Waals surface area contributed by atoms with E-state index < -0.39 is 0 Å². The van der Waals surface area contributed by atoms with E-state index in [2.05, 4.69) is 44.4 Å². The minimum absolute atomic E-state index is 0.211. The molecule has 1 aliphatic heterocycles. The van der Waals surface area contributed by atoms with Crippen LogP contribution >= 0.6 is 0 Å². The molecule has 29 heavy (non-hydrogen) atoms. The topological polar surface area (TPSA) is 72.5 Å². The second kappa shape index (κ2) is 9.09. The van der Waals surface area contributed by atoms with Gasteiger partial charge in [0.25, 0.3) is 0 Å². The van der Waals surface area contributed by atoms with Crippen molar-refractivity contribution in [3.05, 3.63) is 54.2 Å². The Hall–Kier alpha value is -2.87. The summed E-state index contributed by atoms with van der Waals surface area (Å²) in [6.45, 7) is 6.68. The van der Waals surface area contributed by atoms with Gasteiger partial charge in [0.15, 0.2) is 5.82 Å². The van der Waals surface area contributed by atoms with Gasteiger partial charge in [-0.15, -0.1) is 5.10 Å². The molecule has 8 heteroatoms. The van der Waals surface area contributed by atoms with E-state index in [0.29, 0.717) is 6.54 Å². The Bertz CT molecular complexity index is 869. The lowest BCUT2D eigenvalue weighted by Crippen LogP contribution is -2.48. The van der Waals surface area contributed by atoms with E-state index in [9.17, 15) is 0 Å². The number of methoxy groups -OCH3 is 1. The minimum atomic E-state index is 0.211. The number of benzene rings is 1. The molecule has 0 bridgehead atoms. The lowest BCUT2D eigenvalue weighted by molar-refractivity contribution is 0.164. The van der Waals surface area contributed by atoms with Gasteiger partial charge in [0, 0.05) is 31.9 Å². The predicted molar refractivity (Wildman–Crippen MR) is 110 cm³/mol. The van der Waals surface area contributed by atoms with Crippen LogP contribution < -0.4 is 9.64 Å². The highest BCUT2D eigenvalue weighted by molar-refractivity contribution is 5.49. The molecule has 1 aliphatic rings. The fourth-order valence-electron chi connectivity index (χ4n) is 3.95. The summed E-state index contributed by atoms with van der Waals surface area (Å²) in [7, 11) is 1.70. The van der Waals surface area contributed by atoms with Crippen molar-refractivity contribution in [2.75, 3.05) is 38.2 Å². The number of tetrazole rings is 1. The standard InChI is InChI=1S/C21H28N6O2/c1-3-5-20(21-22-23-24-27(21)16-19-6-4-15-29-19)26-13-11-25(12-14-26)17-7-9-18(28-2)10-8-17/h4,6-10,15,20H,3,5,11-14,16H2,1-2H3. The predicted octanol–water partition coefficient (Wildman–Crippen LogP) is 2.99. The first-order valence-corrected chi connectivity index (χ1v) is 10.2. The summed E-state index contributed by atoms with van der Waals surface area (Å²) < 4.78 is 12.6. The maximum absolute atomic E-state index is 5.48. The highest BCUT2D eigenvalue weighted by Gasteiger charge is 2.28. The summed E-state index contributed by atoms with van der Waals surface area (Å²) in [5, 5.41) is 12.5. The third kappa shape index (κ3) is 4.42. The number of anilines is 1. The van der Waals surface area contributed by atoms with E-state index in [0.717, 1.165) is 56.4 Å². The molecule has 154 valence electrons. The van der Waals surface area contributed by atoms with Crippen molar-refractivity contribution in [2.45, 2.75) is 32.4 Å². The van der Waals surface area contributed by atoms with Gasteiger partial charge in [-0.2, -0.15) is 0 Å². The average molecular weight is 396 g/mol. The zero-order valence-corrected chi connectivity index (χ0v) is 17.1. The molecular weight excluding hydrogens is 368 g/mol. The normalized spacial score (nSPS) is 16.1. The molecule has 0 aliphatic carbocycles. The molecule has 3 aromatic rings. The summed E-state index contributed by atoms with van der Waals surface area (Å²) in [6, 6.07) is 12.3. The largest absolute Gasteiger partial charge is 0.497 e. The Balaban J connectivity index is 1.44. The number of rotatable bonds is 8. The average Bonchev–Trinajstić information content (AvgIpc) is 3.45. The van der Waals surface area contributed by atoms with E-state index in [1.54, 1.807) is 13.4 Å². The van der Waals surface area contributed by atoms with Crippen LogP contribution in [0, 0.1) is 0 Å². The Kier molecular flexibility index (Phi) is 6.09. The molecule has 4 rings (SSSR count). The van der Waals surface area contributed by atoms with Crippen LogP contribution in [0.25, 0.3) is 0 Å². The summed E-state index contributed by atoms with van der Waals surface area (Å²) >= 11 is 0.